The number of anilines is 1. The third kappa shape index (κ3) is 6.26. The second kappa shape index (κ2) is 13.7. The molecule has 5 heterocycles. The number of morpholine rings is 1. The Bertz CT molecular complexity index is 2120. The van der Waals surface area contributed by atoms with Gasteiger partial charge in [0, 0.05) is 75.4 Å². The number of pyridine rings is 1. The van der Waals surface area contributed by atoms with E-state index in [1.54, 1.807) is 11.9 Å². The van der Waals surface area contributed by atoms with E-state index in [1.165, 1.54) is 10.5 Å². The highest BCUT2D eigenvalue weighted by Gasteiger charge is 2.35. The summed E-state index contributed by atoms with van der Waals surface area (Å²) in [6.07, 6.45) is 2.23. The van der Waals surface area contributed by atoms with Gasteiger partial charge in [-0.3, -0.25) is 14.5 Å². The van der Waals surface area contributed by atoms with Crippen molar-refractivity contribution in [1.29, 1.82) is 0 Å². The maximum absolute atomic E-state index is 15.2. The highest BCUT2D eigenvalue weighted by atomic mass is 16.5. The number of carbonyl (C=O) groups excluding carboxylic acids is 2. The molecule has 1 atom stereocenters. The Morgan fingerprint density at radius 1 is 0.804 bits per heavy atom. The molecule has 1 fully saturated rings. The maximum atomic E-state index is 15.2. The summed E-state index contributed by atoms with van der Waals surface area (Å²) in [6, 6.07) is 29.5. The molecule has 0 aliphatic carbocycles. The molecule has 0 spiro atoms. The van der Waals surface area contributed by atoms with Gasteiger partial charge in [-0.2, -0.15) is 0 Å². The molecule has 0 saturated carbocycles. The predicted molar refractivity (Wildman–Crippen MR) is 195 cm³/mol. The standard InChI is InChI=1S/C41H41N5O5/c1-42(32-11-3-2-4-12-32)39(47)36-24-38(45-15-8-7-13-37(36)45)34-22-29-14-16-44(41(49)50)25-31(29)23-35(34)40(48)46-26-30-10-6-5-9-28(30)21-33(46)27-43-17-19-51-20-18-43/h2-13,15,22-24,33H,14,16-21,25-27H2,1H3,(H,49,50)/t33-/m0/s1. The van der Waals surface area contributed by atoms with Crippen LogP contribution in [0.4, 0.5) is 10.5 Å². The van der Waals surface area contributed by atoms with Crippen LogP contribution < -0.4 is 4.90 Å². The van der Waals surface area contributed by atoms with Crippen LogP contribution in [0, 0.1) is 0 Å². The monoisotopic (exact) mass is 683 g/mol. The minimum atomic E-state index is -0.973. The second-order valence-corrected chi connectivity index (χ2v) is 13.7. The number of aromatic nitrogens is 1. The lowest BCUT2D eigenvalue weighted by atomic mass is 9.89. The number of carbonyl (C=O) groups is 3. The van der Waals surface area contributed by atoms with Crippen molar-refractivity contribution in [1.82, 2.24) is 19.1 Å². The van der Waals surface area contributed by atoms with Crippen LogP contribution >= 0.6 is 0 Å². The molecule has 0 radical (unpaired) electrons. The summed E-state index contributed by atoms with van der Waals surface area (Å²) in [4.78, 5) is 48.8. The van der Waals surface area contributed by atoms with Crippen molar-refractivity contribution in [3.63, 3.8) is 0 Å². The molecule has 10 heteroatoms. The second-order valence-electron chi connectivity index (χ2n) is 13.7. The number of benzene rings is 3. The van der Waals surface area contributed by atoms with Gasteiger partial charge in [-0.05, 0) is 77.6 Å². The van der Waals surface area contributed by atoms with Crippen molar-refractivity contribution in [3.8, 4) is 11.3 Å². The first-order valence-electron chi connectivity index (χ1n) is 17.6. The van der Waals surface area contributed by atoms with E-state index in [9.17, 15) is 14.7 Å². The molecule has 0 bridgehead atoms. The fourth-order valence-corrected chi connectivity index (χ4v) is 7.87. The lowest BCUT2D eigenvalue weighted by molar-refractivity contribution is 0.0193. The first-order valence-corrected chi connectivity index (χ1v) is 17.6. The molecule has 3 amide bonds. The lowest BCUT2D eigenvalue weighted by Gasteiger charge is -2.41. The highest BCUT2D eigenvalue weighted by molar-refractivity contribution is 6.12. The Balaban J connectivity index is 1.26. The fraction of sp³-hybridized carbons (Fsp3) is 0.293. The van der Waals surface area contributed by atoms with Gasteiger partial charge in [0.2, 0.25) is 0 Å². The molecule has 0 unspecified atom stereocenters. The van der Waals surface area contributed by atoms with Crippen molar-refractivity contribution in [2.24, 2.45) is 0 Å². The summed E-state index contributed by atoms with van der Waals surface area (Å²) in [7, 11) is 1.77. The lowest BCUT2D eigenvalue weighted by Crippen LogP contribution is -2.52. The number of nitrogens with zero attached hydrogens (tertiary/aromatic N) is 5. The smallest absolute Gasteiger partial charge is 0.407 e. The van der Waals surface area contributed by atoms with Crippen LogP contribution in [0.2, 0.25) is 0 Å². The molecule has 1 saturated heterocycles. The molecule has 51 heavy (non-hydrogen) atoms. The van der Waals surface area contributed by atoms with Crippen molar-refractivity contribution in [3.05, 3.63) is 131 Å². The number of carboxylic acid groups (broad SMARTS) is 1. The number of hydrogen-bond acceptors (Lipinski definition) is 5. The van der Waals surface area contributed by atoms with E-state index in [0.717, 1.165) is 65.2 Å². The topological polar surface area (TPSA) is 98.0 Å². The van der Waals surface area contributed by atoms with Crippen molar-refractivity contribution < 1.29 is 24.2 Å². The number of para-hydroxylation sites is 1. The molecule has 2 aromatic heterocycles. The van der Waals surface area contributed by atoms with Crippen LogP contribution in [-0.4, -0.2) is 94.6 Å². The van der Waals surface area contributed by atoms with Crippen molar-refractivity contribution in [2.75, 3.05) is 51.3 Å². The van der Waals surface area contributed by atoms with E-state index in [-0.39, 0.29) is 24.4 Å². The maximum Gasteiger partial charge on any atom is 0.407 e. The Hall–Kier alpha value is -5.45. The first kappa shape index (κ1) is 32.7. The summed E-state index contributed by atoms with van der Waals surface area (Å²) >= 11 is 0. The summed E-state index contributed by atoms with van der Waals surface area (Å²) in [5.41, 5.74) is 8.25. The molecule has 3 aliphatic heterocycles. The summed E-state index contributed by atoms with van der Waals surface area (Å²) in [5.74, 6) is -0.259. The molecular formula is C41H41N5O5. The van der Waals surface area contributed by atoms with Crippen LogP contribution in [0.15, 0.2) is 97.2 Å². The molecule has 260 valence electrons. The van der Waals surface area contributed by atoms with Gasteiger partial charge in [0.25, 0.3) is 11.8 Å². The van der Waals surface area contributed by atoms with E-state index in [4.69, 9.17) is 4.74 Å². The molecule has 3 aromatic carbocycles. The minimum absolute atomic E-state index is 0.0642. The highest BCUT2D eigenvalue weighted by Crippen LogP contribution is 2.36. The summed E-state index contributed by atoms with van der Waals surface area (Å²) in [5, 5.41) is 9.86. The zero-order valence-electron chi connectivity index (χ0n) is 28.7. The summed E-state index contributed by atoms with van der Waals surface area (Å²) in [6.45, 7) is 4.78. The van der Waals surface area contributed by atoms with Gasteiger partial charge in [0.15, 0.2) is 0 Å². The fourth-order valence-electron chi connectivity index (χ4n) is 7.87. The molecule has 5 aromatic rings. The van der Waals surface area contributed by atoms with Crippen LogP contribution in [0.3, 0.4) is 0 Å². The average molecular weight is 684 g/mol. The third-order valence-electron chi connectivity index (χ3n) is 10.7. The zero-order valence-corrected chi connectivity index (χ0v) is 28.7. The van der Waals surface area contributed by atoms with Crippen molar-refractivity contribution >= 4 is 29.1 Å². The normalized spacial score (nSPS) is 17.5. The predicted octanol–water partition coefficient (Wildman–Crippen LogP) is 5.82. The number of ether oxygens (including phenoxy) is 1. The number of amides is 3. The Morgan fingerprint density at radius 2 is 1.55 bits per heavy atom. The number of fused-ring (bicyclic) bond motifs is 3. The first-order chi connectivity index (χ1) is 24.9. The largest absolute Gasteiger partial charge is 0.465 e. The van der Waals surface area contributed by atoms with E-state index >= 15 is 4.79 Å². The molecule has 10 nitrogen and oxygen atoms in total. The number of hydrogen-bond donors (Lipinski definition) is 1. The Labute approximate surface area is 297 Å². The van der Waals surface area contributed by atoms with E-state index in [0.29, 0.717) is 43.9 Å². The number of rotatable bonds is 6. The van der Waals surface area contributed by atoms with Crippen LogP contribution in [0.25, 0.3) is 16.8 Å². The molecule has 1 N–H and O–H groups in total. The summed E-state index contributed by atoms with van der Waals surface area (Å²) < 4.78 is 7.62. The third-order valence-corrected chi connectivity index (χ3v) is 10.7. The Kier molecular flexibility index (Phi) is 8.79. The van der Waals surface area contributed by atoms with Gasteiger partial charge in [-0.15, -0.1) is 0 Å². The van der Waals surface area contributed by atoms with Gasteiger partial charge >= 0.3 is 6.09 Å². The van der Waals surface area contributed by atoms with Gasteiger partial charge < -0.3 is 28.9 Å². The van der Waals surface area contributed by atoms with E-state index in [1.807, 2.05) is 82.2 Å². The van der Waals surface area contributed by atoms with Crippen LogP contribution in [-0.2, 0) is 30.7 Å². The van der Waals surface area contributed by atoms with E-state index < -0.39 is 6.09 Å². The molecular weight excluding hydrogens is 642 g/mol. The van der Waals surface area contributed by atoms with Crippen LogP contribution in [0.1, 0.15) is 43.0 Å². The van der Waals surface area contributed by atoms with Crippen LogP contribution in [0.5, 0.6) is 0 Å². The Morgan fingerprint density at radius 3 is 2.33 bits per heavy atom. The average Bonchev–Trinajstić information content (AvgIpc) is 3.56. The van der Waals surface area contributed by atoms with Gasteiger partial charge in [0.05, 0.1) is 30.0 Å². The van der Waals surface area contributed by atoms with Gasteiger partial charge in [-0.25, -0.2) is 4.79 Å². The molecule has 8 rings (SSSR count). The zero-order chi connectivity index (χ0) is 35.1. The van der Waals surface area contributed by atoms with Gasteiger partial charge in [0.1, 0.15) is 0 Å². The molecule has 3 aliphatic rings. The van der Waals surface area contributed by atoms with E-state index in [2.05, 4.69) is 29.2 Å². The van der Waals surface area contributed by atoms with Gasteiger partial charge in [-0.1, -0.05) is 48.5 Å². The minimum Gasteiger partial charge on any atom is -0.465 e. The quantitative estimate of drug-likeness (QED) is 0.243. The van der Waals surface area contributed by atoms with Crippen molar-refractivity contribution in [2.45, 2.75) is 32.0 Å². The SMILES string of the molecule is CN(C(=O)c1cc(-c2cc3c(cc2C(=O)N2Cc4ccccc4C[C@H]2CN2CCOCC2)CN(C(=O)O)CC3)n2ccccc12)c1ccccc1.